The summed E-state index contributed by atoms with van der Waals surface area (Å²) in [4.78, 5) is 18.8. The zero-order valence-electron chi connectivity index (χ0n) is 14.6. The number of benzene rings is 1. The van der Waals surface area contributed by atoms with E-state index in [2.05, 4.69) is 4.98 Å². The largest absolute Gasteiger partial charge is 0.493 e. The van der Waals surface area contributed by atoms with E-state index in [9.17, 15) is 4.79 Å². The van der Waals surface area contributed by atoms with Gasteiger partial charge in [-0.1, -0.05) is 0 Å². The summed E-state index contributed by atoms with van der Waals surface area (Å²) in [5, 5.41) is 0. The second kappa shape index (κ2) is 6.39. The van der Waals surface area contributed by atoms with Crippen molar-refractivity contribution in [2.45, 2.75) is 44.8 Å². The quantitative estimate of drug-likeness (QED) is 0.841. The van der Waals surface area contributed by atoms with Crippen LogP contribution < -0.4 is 14.4 Å². The molecule has 0 N–H and O–H groups in total. The molecule has 0 spiro atoms. The van der Waals surface area contributed by atoms with Crippen molar-refractivity contribution in [3.8, 4) is 11.5 Å². The standard InChI is InChI=1S/C20H22N2O3/c1-13-17-12-21-10-9-16(17)20(23)22(13)14-7-8-18(24-2)19(11-14)25-15-5-3-4-6-15/h7-13,15H,3-6H2,1-2H3. The van der Waals surface area contributed by atoms with Crippen LogP contribution in [0.4, 0.5) is 5.69 Å². The van der Waals surface area contributed by atoms with Gasteiger partial charge in [0.2, 0.25) is 0 Å². The van der Waals surface area contributed by atoms with E-state index in [1.54, 1.807) is 30.5 Å². The molecule has 1 fully saturated rings. The third-order valence-electron chi connectivity index (χ3n) is 5.16. The molecule has 1 saturated carbocycles. The Labute approximate surface area is 147 Å². The summed E-state index contributed by atoms with van der Waals surface area (Å²) in [5.41, 5.74) is 2.50. The van der Waals surface area contributed by atoms with Crippen molar-refractivity contribution in [1.29, 1.82) is 0 Å². The van der Waals surface area contributed by atoms with Gasteiger partial charge in [-0.3, -0.25) is 9.78 Å². The summed E-state index contributed by atoms with van der Waals surface area (Å²) in [6.45, 7) is 2.02. The number of hydrogen-bond donors (Lipinski definition) is 0. The van der Waals surface area contributed by atoms with Crippen molar-refractivity contribution < 1.29 is 14.3 Å². The number of nitrogens with zero attached hydrogens (tertiary/aromatic N) is 2. The van der Waals surface area contributed by atoms with E-state index in [0.717, 1.165) is 29.7 Å². The number of amides is 1. The Morgan fingerprint density at radius 3 is 2.68 bits per heavy atom. The van der Waals surface area contributed by atoms with Crippen LogP contribution in [0.5, 0.6) is 11.5 Å². The number of carbonyl (C=O) groups is 1. The minimum atomic E-state index is -0.0519. The van der Waals surface area contributed by atoms with Gasteiger partial charge >= 0.3 is 0 Å². The molecule has 2 heterocycles. The number of ether oxygens (including phenoxy) is 2. The molecule has 1 aromatic carbocycles. The normalized spacial score (nSPS) is 20.0. The topological polar surface area (TPSA) is 51.7 Å². The van der Waals surface area contributed by atoms with Gasteiger partial charge in [-0.25, -0.2) is 0 Å². The molecular formula is C20H22N2O3. The van der Waals surface area contributed by atoms with Crippen LogP contribution in [0.1, 0.15) is 54.6 Å². The highest BCUT2D eigenvalue weighted by Gasteiger charge is 2.35. The number of anilines is 1. The van der Waals surface area contributed by atoms with Gasteiger partial charge in [0.15, 0.2) is 11.5 Å². The Balaban J connectivity index is 1.68. The Bertz CT molecular complexity index is 799. The van der Waals surface area contributed by atoms with Crippen LogP contribution in [0.3, 0.4) is 0 Å². The van der Waals surface area contributed by atoms with Crippen LogP contribution in [0.25, 0.3) is 0 Å². The third kappa shape index (κ3) is 2.73. The van der Waals surface area contributed by atoms with Crippen LogP contribution in [-0.2, 0) is 0 Å². The Hall–Kier alpha value is -2.56. The Kier molecular flexibility index (Phi) is 4.07. The maximum atomic E-state index is 12.8. The minimum Gasteiger partial charge on any atom is -0.493 e. The lowest BCUT2D eigenvalue weighted by Crippen LogP contribution is -2.26. The van der Waals surface area contributed by atoms with E-state index < -0.39 is 0 Å². The van der Waals surface area contributed by atoms with Gasteiger partial charge in [-0.2, -0.15) is 0 Å². The molecule has 130 valence electrons. The highest BCUT2D eigenvalue weighted by molar-refractivity contribution is 6.11. The number of carbonyl (C=O) groups excluding carboxylic acids is 1. The molecule has 0 bridgehead atoms. The number of hydrogen-bond acceptors (Lipinski definition) is 4. The lowest BCUT2D eigenvalue weighted by Gasteiger charge is -2.24. The van der Waals surface area contributed by atoms with Crippen molar-refractivity contribution in [1.82, 2.24) is 4.98 Å². The third-order valence-corrected chi connectivity index (χ3v) is 5.16. The minimum absolute atomic E-state index is 0.00174. The molecule has 0 saturated heterocycles. The van der Waals surface area contributed by atoms with Crippen molar-refractivity contribution >= 4 is 11.6 Å². The van der Waals surface area contributed by atoms with Crippen molar-refractivity contribution in [2.24, 2.45) is 0 Å². The number of aromatic nitrogens is 1. The molecule has 2 aliphatic rings. The van der Waals surface area contributed by atoms with Gasteiger partial charge in [-0.15, -0.1) is 0 Å². The number of fused-ring (bicyclic) bond motifs is 1. The highest BCUT2D eigenvalue weighted by Crippen LogP contribution is 2.41. The molecule has 1 aromatic heterocycles. The van der Waals surface area contributed by atoms with Crippen LogP contribution in [-0.4, -0.2) is 24.1 Å². The van der Waals surface area contributed by atoms with Crippen LogP contribution in [0.15, 0.2) is 36.7 Å². The van der Waals surface area contributed by atoms with Crippen molar-refractivity contribution in [3.63, 3.8) is 0 Å². The molecule has 4 rings (SSSR count). The van der Waals surface area contributed by atoms with Crippen LogP contribution in [0, 0.1) is 0 Å². The molecule has 5 nitrogen and oxygen atoms in total. The zero-order chi connectivity index (χ0) is 17.4. The molecule has 1 atom stereocenters. The smallest absolute Gasteiger partial charge is 0.259 e. The fourth-order valence-electron chi connectivity index (χ4n) is 3.81. The second-order valence-electron chi connectivity index (χ2n) is 6.67. The van der Waals surface area contributed by atoms with E-state index in [1.807, 2.05) is 25.1 Å². The van der Waals surface area contributed by atoms with Gasteiger partial charge in [-0.05, 0) is 50.8 Å². The van der Waals surface area contributed by atoms with Gasteiger partial charge in [0.1, 0.15) is 0 Å². The Morgan fingerprint density at radius 1 is 1.16 bits per heavy atom. The maximum absolute atomic E-state index is 12.8. The van der Waals surface area contributed by atoms with E-state index in [-0.39, 0.29) is 18.1 Å². The lowest BCUT2D eigenvalue weighted by atomic mass is 10.1. The molecule has 0 radical (unpaired) electrons. The number of rotatable bonds is 4. The predicted octanol–water partition coefficient (Wildman–Crippen LogP) is 4.13. The zero-order valence-corrected chi connectivity index (χ0v) is 14.6. The average Bonchev–Trinajstić information content (AvgIpc) is 3.23. The van der Waals surface area contributed by atoms with Crippen LogP contribution >= 0.6 is 0 Å². The lowest BCUT2D eigenvalue weighted by molar-refractivity contribution is 0.0992. The van der Waals surface area contributed by atoms with E-state index in [1.165, 1.54) is 12.8 Å². The summed E-state index contributed by atoms with van der Waals surface area (Å²) >= 11 is 0. The molecule has 2 aromatic rings. The SMILES string of the molecule is COc1ccc(N2C(=O)c3ccncc3C2C)cc1OC1CCCC1. The molecule has 1 amide bonds. The van der Waals surface area contributed by atoms with Crippen molar-refractivity contribution in [2.75, 3.05) is 12.0 Å². The summed E-state index contributed by atoms with van der Waals surface area (Å²) in [6.07, 6.45) is 8.23. The monoisotopic (exact) mass is 338 g/mol. The molecule has 1 aliphatic carbocycles. The first-order chi connectivity index (χ1) is 12.2. The molecular weight excluding hydrogens is 316 g/mol. The number of methoxy groups -OCH3 is 1. The van der Waals surface area contributed by atoms with Crippen LogP contribution in [0.2, 0.25) is 0 Å². The first kappa shape index (κ1) is 15.9. The van der Waals surface area contributed by atoms with E-state index >= 15 is 0 Å². The molecule has 25 heavy (non-hydrogen) atoms. The first-order valence-electron chi connectivity index (χ1n) is 8.81. The van der Waals surface area contributed by atoms with Gasteiger partial charge in [0.25, 0.3) is 5.91 Å². The van der Waals surface area contributed by atoms with E-state index in [0.29, 0.717) is 11.5 Å². The van der Waals surface area contributed by atoms with E-state index in [4.69, 9.17) is 9.47 Å². The summed E-state index contributed by atoms with van der Waals surface area (Å²) in [6, 6.07) is 7.44. The van der Waals surface area contributed by atoms with Crippen molar-refractivity contribution in [3.05, 3.63) is 47.8 Å². The highest BCUT2D eigenvalue weighted by atomic mass is 16.5. The second-order valence-corrected chi connectivity index (χ2v) is 6.67. The number of pyridine rings is 1. The summed E-state index contributed by atoms with van der Waals surface area (Å²) in [5.74, 6) is 1.41. The van der Waals surface area contributed by atoms with Gasteiger partial charge in [0, 0.05) is 35.3 Å². The molecule has 5 heteroatoms. The first-order valence-corrected chi connectivity index (χ1v) is 8.81. The summed E-state index contributed by atoms with van der Waals surface area (Å²) in [7, 11) is 1.64. The fraction of sp³-hybridized carbons (Fsp3) is 0.400. The fourth-order valence-corrected chi connectivity index (χ4v) is 3.81. The summed E-state index contributed by atoms with van der Waals surface area (Å²) < 4.78 is 11.6. The molecule has 1 aliphatic heterocycles. The van der Waals surface area contributed by atoms with Gasteiger partial charge < -0.3 is 14.4 Å². The maximum Gasteiger partial charge on any atom is 0.259 e. The molecule has 1 unspecified atom stereocenters. The van der Waals surface area contributed by atoms with Gasteiger partial charge in [0.05, 0.1) is 19.3 Å². The predicted molar refractivity (Wildman–Crippen MR) is 95.3 cm³/mol. The Morgan fingerprint density at radius 2 is 1.96 bits per heavy atom. The average molecular weight is 338 g/mol.